The lowest BCUT2D eigenvalue weighted by molar-refractivity contribution is -0.137. The van der Waals surface area contributed by atoms with Crippen LogP contribution >= 0.6 is 10.7 Å². The Morgan fingerprint density at radius 1 is 1.25 bits per heavy atom. The second-order valence-electron chi connectivity index (χ2n) is 4.14. The van der Waals surface area contributed by atoms with Gasteiger partial charge in [-0.1, -0.05) is 18.2 Å². The molecule has 0 amide bonds. The van der Waals surface area contributed by atoms with E-state index in [-0.39, 0.29) is 15.8 Å². The maximum atomic E-state index is 13.1. The molecule has 110 valence electrons. The Morgan fingerprint density at radius 2 is 1.85 bits per heavy atom. The molecule has 0 unspecified atom stereocenters. The first-order valence-electron chi connectivity index (χ1n) is 5.31. The largest absolute Gasteiger partial charge is 0.340 e. The molecule has 0 aliphatic heterocycles. The van der Waals surface area contributed by atoms with E-state index in [0.717, 1.165) is 10.8 Å². The molecule has 2 rings (SSSR count). The molecule has 0 saturated heterocycles. The van der Waals surface area contributed by atoms with Crippen LogP contribution in [0, 0.1) is 0 Å². The molecule has 0 spiro atoms. The van der Waals surface area contributed by atoms with Crippen LogP contribution in [0.3, 0.4) is 0 Å². The van der Waals surface area contributed by atoms with E-state index >= 15 is 0 Å². The number of aromatic nitrogens is 1. The number of hydrogen-bond donors (Lipinski definition) is 0. The maximum absolute atomic E-state index is 13.1. The number of fused-ring (bicyclic) bond motifs is 1. The van der Waals surface area contributed by atoms with Crippen LogP contribution in [0.25, 0.3) is 10.9 Å². The van der Waals surface area contributed by atoms with E-state index in [0.29, 0.717) is 0 Å². The Labute approximate surface area is 116 Å². The van der Waals surface area contributed by atoms with Gasteiger partial charge >= 0.3 is 12.3 Å². The van der Waals surface area contributed by atoms with Crippen molar-refractivity contribution in [1.29, 1.82) is 0 Å². The number of alkyl halides is 4. The van der Waals surface area contributed by atoms with E-state index in [4.69, 9.17) is 10.7 Å². The van der Waals surface area contributed by atoms with Crippen LogP contribution in [0.15, 0.2) is 35.4 Å². The maximum Gasteiger partial charge on any atom is 0.324 e. The van der Waals surface area contributed by atoms with Gasteiger partial charge in [0.25, 0.3) is 9.05 Å². The van der Waals surface area contributed by atoms with Gasteiger partial charge in [-0.3, -0.25) is 0 Å². The van der Waals surface area contributed by atoms with Gasteiger partial charge in [0.1, 0.15) is 4.90 Å². The van der Waals surface area contributed by atoms with Crippen molar-refractivity contribution in [2.45, 2.75) is 23.8 Å². The lowest BCUT2D eigenvalue weighted by atomic mass is 10.2. The molecule has 3 nitrogen and oxygen atoms in total. The monoisotopic (exact) mass is 329 g/mol. The van der Waals surface area contributed by atoms with Gasteiger partial charge in [-0.15, -0.1) is 0 Å². The molecule has 2 aromatic rings. The van der Waals surface area contributed by atoms with Gasteiger partial charge in [-0.05, 0) is 6.07 Å². The van der Waals surface area contributed by atoms with Crippen LogP contribution < -0.4 is 0 Å². The van der Waals surface area contributed by atoms with Crippen molar-refractivity contribution in [2.24, 2.45) is 0 Å². The lowest BCUT2D eigenvalue weighted by Crippen LogP contribution is -2.31. The molecule has 0 fully saturated rings. The molecule has 0 aliphatic carbocycles. The van der Waals surface area contributed by atoms with E-state index in [1.165, 1.54) is 24.3 Å². The van der Waals surface area contributed by atoms with E-state index < -0.39 is 27.9 Å². The van der Waals surface area contributed by atoms with Gasteiger partial charge in [0.15, 0.2) is 0 Å². The summed E-state index contributed by atoms with van der Waals surface area (Å²) in [5, 5.41) is 0.104. The number of para-hydroxylation sites is 1. The molecule has 0 saturated carbocycles. The minimum absolute atomic E-state index is 0.0899. The molecule has 0 bridgehead atoms. The van der Waals surface area contributed by atoms with Crippen LogP contribution in [0.4, 0.5) is 17.6 Å². The van der Waals surface area contributed by atoms with E-state index in [9.17, 15) is 26.0 Å². The second kappa shape index (κ2) is 4.92. The summed E-state index contributed by atoms with van der Waals surface area (Å²) in [6.45, 7) is -1.34. The lowest BCUT2D eigenvalue weighted by Gasteiger charge is -2.16. The SMILES string of the molecule is O=S(=O)(Cl)c1cn(CC(F)(F)C(F)F)c2ccccc12. The summed E-state index contributed by atoms with van der Waals surface area (Å²) < 4.78 is 74.2. The smallest absolute Gasteiger partial charge is 0.324 e. The zero-order valence-corrected chi connectivity index (χ0v) is 11.3. The third-order valence-corrected chi connectivity index (χ3v) is 4.06. The third kappa shape index (κ3) is 2.76. The standard InChI is InChI=1S/C11H8ClF4NO2S/c12-20(18,19)9-5-17(6-11(15,16)10(13)14)8-4-2-1-3-7(8)9/h1-5,10H,6H2. The summed E-state index contributed by atoms with van der Waals surface area (Å²) in [7, 11) is 1.04. The molecule has 0 radical (unpaired) electrons. The van der Waals surface area contributed by atoms with Crippen molar-refractivity contribution in [3.05, 3.63) is 30.5 Å². The number of hydrogen-bond acceptors (Lipinski definition) is 2. The van der Waals surface area contributed by atoms with Crippen LogP contribution in [-0.2, 0) is 15.6 Å². The van der Waals surface area contributed by atoms with Crippen molar-refractivity contribution < 1.29 is 26.0 Å². The molecule has 9 heteroatoms. The molecular weight excluding hydrogens is 322 g/mol. The Bertz CT molecular complexity index is 742. The number of rotatable bonds is 4. The van der Waals surface area contributed by atoms with Gasteiger partial charge < -0.3 is 4.57 Å². The highest BCUT2D eigenvalue weighted by Gasteiger charge is 2.41. The molecule has 0 aliphatic rings. The zero-order chi connectivity index (χ0) is 15.1. The van der Waals surface area contributed by atoms with Gasteiger partial charge in [0.05, 0.1) is 6.54 Å². The van der Waals surface area contributed by atoms with Crippen LogP contribution in [-0.4, -0.2) is 25.3 Å². The topological polar surface area (TPSA) is 39.1 Å². The third-order valence-electron chi connectivity index (χ3n) is 2.72. The quantitative estimate of drug-likeness (QED) is 0.636. The highest BCUT2D eigenvalue weighted by atomic mass is 35.7. The van der Waals surface area contributed by atoms with Crippen LogP contribution in [0.2, 0.25) is 0 Å². The fourth-order valence-corrected chi connectivity index (χ4v) is 2.89. The average molecular weight is 330 g/mol. The summed E-state index contributed by atoms with van der Waals surface area (Å²) in [5.41, 5.74) is 0.0899. The van der Waals surface area contributed by atoms with Crippen molar-refractivity contribution in [2.75, 3.05) is 0 Å². The predicted octanol–water partition coefficient (Wildman–Crippen LogP) is 3.47. The number of halogens is 5. The molecule has 0 atom stereocenters. The van der Waals surface area contributed by atoms with Crippen LogP contribution in [0.1, 0.15) is 0 Å². The Balaban J connectivity index is 2.61. The Hall–Kier alpha value is -1.28. The summed E-state index contributed by atoms with van der Waals surface area (Å²) >= 11 is 0. The normalized spacial score (nSPS) is 13.3. The molecule has 1 aromatic heterocycles. The average Bonchev–Trinajstić information content (AvgIpc) is 2.67. The van der Waals surface area contributed by atoms with Crippen molar-refractivity contribution in [1.82, 2.24) is 4.57 Å². The van der Waals surface area contributed by atoms with Gasteiger partial charge in [-0.25, -0.2) is 17.2 Å². The minimum Gasteiger partial charge on any atom is -0.340 e. The number of nitrogens with zero attached hydrogens (tertiary/aromatic N) is 1. The molecular formula is C11H8ClF4NO2S. The Morgan fingerprint density at radius 3 is 2.40 bits per heavy atom. The van der Waals surface area contributed by atoms with Gasteiger partial charge in [0.2, 0.25) is 0 Å². The zero-order valence-electron chi connectivity index (χ0n) is 9.73. The second-order valence-corrected chi connectivity index (χ2v) is 6.67. The summed E-state index contributed by atoms with van der Waals surface area (Å²) in [6, 6.07) is 5.68. The fraction of sp³-hybridized carbons (Fsp3) is 0.273. The summed E-state index contributed by atoms with van der Waals surface area (Å²) in [4.78, 5) is -0.389. The molecule has 20 heavy (non-hydrogen) atoms. The van der Waals surface area contributed by atoms with Gasteiger partial charge in [-0.2, -0.15) is 8.78 Å². The summed E-state index contributed by atoms with van der Waals surface area (Å²) in [6.07, 6.45) is -3.01. The van der Waals surface area contributed by atoms with Crippen molar-refractivity contribution >= 4 is 30.6 Å². The molecule has 0 N–H and O–H groups in total. The van der Waals surface area contributed by atoms with Crippen molar-refractivity contribution in [3.63, 3.8) is 0 Å². The first kappa shape index (κ1) is 15.1. The minimum atomic E-state index is -4.27. The molecule has 1 heterocycles. The predicted molar refractivity (Wildman–Crippen MR) is 65.9 cm³/mol. The van der Waals surface area contributed by atoms with Gasteiger partial charge in [0, 0.05) is 27.8 Å². The van der Waals surface area contributed by atoms with E-state index in [1.54, 1.807) is 0 Å². The van der Waals surface area contributed by atoms with Crippen LogP contribution in [0.5, 0.6) is 0 Å². The highest BCUT2D eigenvalue weighted by Crippen LogP contribution is 2.31. The summed E-state index contributed by atoms with van der Waals surface area (Å²) in [5.74, 6) is -4.27. The van der Waals surface area contributed by atoms with E-state index in [1.807, 2.05) is 0 Å². The fourth-order valence-electron chi connectivity index (χ4n) is 1.83. The highest BCUT2D eigenvalue weighted by molar-refractivity contribution is 8.14. The number of benzene rings is 1. The first-order valence-corrected chi connectivity index (χ1v) is 7.62. The molecule has 1 aromatic carbocycles. The Kier molecular flexibility index (Phi) is 3.72. The van der Waals surface area contributed by atoms with E-state index in [2.05, 4.69) is 0 Å². The first-order chi connectivity index (χ1) is 9.13. The van der Waals surface area contributed by atoms with Crippen molar-refractivity contribution in [3.8, 4) is 0 Å².